The minimum Gasteiger partial charge on any atom is -0.489 e. The number of ether oxygens (including phenoxy) is 1. The van der Waals surface area contributed by atoms with Crippen molar-refractivity contribution in [3.8, 4) is 11.8 Å². The fourth-order valence-electron chi connectivity index (χ4n) is 1.97. The first-order valence-electron chi connectivity index (χ1n) is 5.74. The van der Waals surface area contributed by atoms with Crippen molar-refractivity contribution in [1.29, 1.82) is 5.26 Å². The van der Waals surface area contributed by atoms with E-state index in [4.69, 9.17) is 21.6 Å². The summed E-state index contributed by atoms with van der Waals surface area (Å²) in [5.74, 6) is 0.606. The van der Waals surface area contributed by atoms with Gasteiger partial charge in [0.1, 0.15) is 17.9 Å². The van der Waals surface area contributed by atoms with Crippen molar-refractivity contribution in [2.75, 3.05) is 20.1 Å². The van der Waals surface area contributed by atoms with E-state index in [2.05, 4.69) is 18.0 Å². The van der Waals surface area contributed by atoms with Crippen LogP contribution in [0.15, 0.2) is 18.2 Å². The molecule has 90 valence electrons. The summed E-state index contributed by atoms with van der Waals surface area (Å²) in [6.45, 7) is 2.07. The van der Waals surface area contributed by atoms with Crippen LogP contribution in [0.5, 0.6) is 5.75 Å². The predicted octanol–water partition coefficient (Wildman–Crippen LogP) is 2.68. The van der Waals surface area contributed by atoms with Crippen molar-refractivity contribution in [2.24, 2.45) is 0 Å². The molecule has 0 aliphatic carbocycles. The lowest BCUT2D eigenvalue weighted by Crippen LogP contribution is -2.35. The highest BCUT2D eigenvalue weighted by Crippen LogP contribution is 2.25. The Balaban J connectivity index is 2.08. The molecule has 1 aromatic carbocycles. The average molecular weight is 251 g/mol. The summed E-state index contributed by atoms with van der Waals surface area (Å²) in [6.07, 6.45) is 2.18. The van der Waals surface area contributed by atoms with E-state index in [0.717, 1.165) is 25.9 Å². The van der Waals surface area contributed by atoms with Gasteiger partial charge in [0.2, 0.25) is 0 Å². The zero-order chi connectivity index (χ0) is 12.3. The molecule has 0 aromatic heterocycles. The standard InChI is InChI=1S/C13H15ClN2O/c1-16-6-4-12(5-7-16)17-13-8-11(14)3-2-10(13)9-15/h2-3,8,12H,4-7H2,1H3. The van der Waals surface area contributed by atoms with Crippen LogP contribution < -0.4 is 4.74 Å². The van der Waals surface area contributed by atoms with Crippen molar-refractivity contribution >= 4 is 11.6 Å². The maximum atomic E-state index is 9.00. The van der Waals surface area contributed by atoms with Crippen molar-refractivity contribution in [3.63, 3.8) is 0 Å². The summed E-state index contributed by atoms with van der Waals surface area (Å²) >= 11 is 5.92. The third kappa shape index (κ3) is 3.12. The Hall–Kier alpha value is -1.24. The lowest BCUT2D eigenvalue weighted by atomic mass is 10.1. The van der Waals surface area contributed by atoms with Crippen LogP contribution in [0, 0.1) is 11.3 Å². The second-order valence-corrected chi connectivity index (χ2v) is 4.81. The van der Waals surface area contributed by atoms with Gasteiger partial charge >= 0.3 is 0 Å². The van der Waals surface area contributed by atoms with Crippen LogP contribution in [-0.4, -0.2) is 31.1 Å². The Morgan fingerprint density at radius 3 is 2.76 bits per heavy atom. The highest BCUT2D eigenvalue weighted by molar-refractivity contribution is 6.30. The molecule has 0 N–H and O–H groups in total. The van der Waals surface area contributed by atoms with Crippen molar-refractivity contribution < 1.29 is 4.74 Å². The first-order valence-corrected chi connectivity index (χ1v) is 6.11. The van der Waals surface area contributed by atoms with Crippen LogP contribution in [0.3, 0.4) is 0 Å². The molecule has 1 fully saturated rings. The molecule has 0 radical (unpaired) electrons. The Kier molecular flexibility index (Phi) is 3.88. The number of nitriles is 1. The number of piperidine rings is 1. The molecule has 0 unspecified atom stereocenters. The lowest BCUT2D eigenvalue weighted by molar-refractivity contribution is 0.114. The van der Waals surface area contributed by atoms with E-state index in [1.807, 2.05) is 0 Å². The van der Waals surface area contributed by atoms with Gasteiger partial charge in [-0.25, -0.2) is 0 Å². The molecule has 2 rings (SSSR count). The Bertz CT molecular complexity index is 434. The van der Waals surface area contributed by atoms with Gasteiger partial charge in [-0.05, 0) is 32.0 Å². The van der Waals surface area contributed by atoms with Gasteiger partial charge in [0.05, 0.1) is 5.56 Å². The minimum absolute atomic E-state index is 0.191. The molecule has 0 saturated carbocycles. The summed E-state index contributed by atoms with van der Waals surface area (Å²) in [5, 5.41) is 9.60. The molecule has 0 bridgehead atoms. The molecule has 17 heavy (non-hydrogen) atoms. The number of hydrogen-bond donors (Lipinski definition) is 0. The smallest absolute Gasteiger partial charge is 0.138 e. The lowest BCUT2D eigenvalue weighted by Gasteiger charge is -2.29. The summed E-state index contributed by atoms with van der Waals surface area (Å²) in [5.41, 5.74) is 0.549. The Morgan fingerprint density at radius 1 is 1.41 bits per heavy atom. The molecule has 1 aliphatic heterocycles. The fraction of sp³-hybridized carbons (Fsp3) is 0.462. The van der Waals surface area contributed by atoms with Crippen LogP contribution in [0.2, 0.25) is 5.02 Å². The van der Waals surface area contributed by atoms with Crippen LogP contribution in [0.1, 0.15) is 18.4 Å². The van der Waals surface area contributed by atoms with Crippen molar-refractivity contribution in [2.45, 2.75) is 18.9 Å². The van der Waals surface area contributed by atoms with Gasteiger partial charge < -0.3 is 9.64 Å². The van der Waals surface area contributed by atoms with Gasteiger partial charge in [-0.2, -0.15) is 5.26 Å². The van der Waals surface area contributed by atoms with Gasteiger partial charge in [-0.1, -0.05) is 11.6 Å². The molecule has 1 aliphatic rings. The molecule has 0 amide bonds. The molecule has 1 saturated heterocycles. The third-order valence-corrected chi connectivity index (χ3v) is 3.26. The molecular weight excluding hydrogens is 236 g/mol. The van der Waals surface area contributed by atoms with Gasteiger partial charge in [0.25, 0.3) is 0 Å². The Labute approximate surface area is 107 Å². The second kappa shape index (κ2) is 5.39. The number of nitrogens with zero attached hydrogens (tertiary/aromatic N) is 2. The number of benzene rings is 1. The maximum Gasteiger partial charge on any atom is 0.138 e. The quantitative estimate of drug-likeness (QED) is 0.810. The molecule has 0 spiro atoms. The zero-order valence-electron chi connectivity index (χ0n) is 9.82. The van der Waals surface area contributed by atoms with E-state index in [-0.39, 0.29) is 6.10 Å². The average Bonchev–Trinajstić information content (AvgIpc) is 2.32. The van der Waals surface area contributed by atoms with E-state index in [1.54, 1.807) is 18.2 Å². The van der Waals surface area contributed by atoms with Crippen molar-refractivity contribution in [3.05, 3.63) is 28.8 Å². The van der Waals surface area contributed by atoms with E-state index in [0.29, 0.717) is 16.3 Å². The maximum absolute atomic E-state index is 9.00. The molecule has 1 heterocycles. The summed E-state index contributed by atoms with van der Waals surface area (Å²) in [7, 11) is 2.11. The zero-order valence-corrected chi connectivity index (χ0v) is 10.6. The second-order valence-electron chi connectivity index (χ2n) is 4.37. The summed E-state index contributed by atoms with van der Waals surface area (Å²) < 4.78 is 5.87. The normalized spacial score (nSPS) is 17.7. The summed E-state index contributed by atoms with van der Waals surface area (Å²) in [4.78, 5) is 2.28. The minimum atomic E-state index is 0.191. The van der Waals surface area contributed by atoms with E-state index < -0.39 is 0 Å². The Morgan fingerprint density at radius 2 is 2.12 bits per heavy atom. The predicted molar refractivity (Wildman–Crippen MR) is 67.3 cm³/mol. The van der Waals surface area contributed by atoms with Crippen LogP contribution >= 0.6 is 11.6 Å². The van der Waals surface area contributed by atoms with E-state index >= 15 is 0 Å². The van der Waals surface area contributed by atoms with E-state index in [9.17, 15) is 0 Å². The largest absolute Gasteiger partial charge is 0.489 e. The van der Waals surface area contributed by atoms with E-state index in [1.165, 1.54) is 0 Å². The topological polar surface area (TPSA) is 36.3 Å². The first-order chi connectivity index (χ1) is 8.19. The molecule has 1 aromatic rings. The van der Waals surface area contributed by atoms with Gasteiger partial charge in [-0.3, -0.25) is 0 Å². The van der Waals surface area contributed by atoms with Gasteiger partial charge in [0.15, 0.2) is 0 Å². The number of halogens is 1. The van der Waals surface area contributed by atoms with Gasteiger partial charge in [0, 0.05) is 24.2 Å². The SMILES string of the molecule is CN1CCC(Oc2cc(Cl)ccc2C#N)CC1. The third-order valence-electron chi connectivity index (χ3n) is 3.02. The number of hydrogen-bond acceptors (Lipinski definition) is 3. The van der Waals surface area contributed by atoms with Crippen LogP contribution in [-0.2, 0) is 0 Å². The van der Waals surface area contributed by atoms with Crippen LogP contribution in [0.4, 0.5) is 0 Å². The van der Waals surface area contributed by atoms with Gasteiger partial charge in [-0.15, -0.1) is 0 Å². The highest BCUT2D eigenvalue weighted by atomic mass is 35.5. The molecule has 4 heteroatoms. The van der Waals surface area contributed by atoms with Crippen molar-refractivity contribution in [1.82, 2.24) is 4.90 Å². The molecule has 0 atom stereocenters. The monoisotopic (exact) mass is 250 g/mol. The summed E-state index contributed by atoms with van der Waals surface area (Å²) in [6, 6.07) is 7.26. The first kappa shape index (κ1) is 12.2. The molecular formula is C13H15ClN2O. The fourth-order valence-corrected chi connectivity index (χ4v) is 2.13. The highest BCUT2D eigenvalue weighted by Gasteiger charge is 2.19. The number of likely N-dealkylation sites (tertiary alicyclic amines) is 1. The number of rotatable bonds is 2. The van der Waals surface area contributed by atoms with Crippen LogP contribution in [0.25, 0.3) is 0 Å². The molecule has 3 nitrogen and oxygen atoms in total.